The minimum atomic E-state index is -0.629. The normalized spacial score (nSPS) is 21.7. The molecule has 2 fully saturated rings. The molecule has 2 aromatic carbocycles. The van der Waals surface area contributed by atoms with Crippen LogP contribution >= 0.6 is 11.6 Å². The lowest BCUT2D eigenvalue weighted by molar-refractivity contribution is -0.136. The summed E-state index contributed by atoms with van der Waals surface area (Å²) in [7, 11) is 0. The van der Waals surface area contributed by atoms with E-state index in [9.17, 15) is 14.4 Å². The standard InChI is InChI=1S/C37H39ClN4O4/c1-37(2)12-11-25(32(15-37)24-3-5-29(38)6-4-24)18-41-19-28(20-41)26-13-23(16-39-17-26)22-46-30-7-8-31-27(14-30)21-42(36(31)45)33-9-10-34(43)40-35(33)44/h3-8,13-14,16-17,28,33H,9-12,15,18-22H2,1-2H3,(H,40,43,44). The number of likely N-dealkylation sites (tertiary alicyclic amines) is 1. The zero-order valence-electron chi connectivity index (χ0n) is 26.4. The second-order valence-corrected chi connectivity index (χ2v) is 14.4. The molecular formula is C37H39ClN4O4. The van der Waals surface area contributed by atoms with Crippen LogP contribution in [0.3, 0.4) is 0 Å². The number of allylic oxidation sites excluding steroid dienone is 1. The molecule has 1 N–H and O–H groups in total. The fourth-order valence-electron chi connectivity index (χ4n) is 7.26. The number of carbonyl (C=O) groups excluding carboxylic acids is 3. The maximum Gasteiger partial charge on any atom is 0.255 e. The summed E-state index contributed by atoms with van der Waals surface area (Å²) >= 11 is 6.19. The number of fused-ring (bicyclic) bond motifs is 1. The van der Waals surface area contributed by atoms with Crippen molar-refractivity contribution < 1.29 is 19.1 Å². The van der Waals surface area contributed by atoms with E-state index in [1.54, 1.807) is 22.6 Å². The smallest absolute Gasteiger partial charge is 0.255 e. The molecule has 1 atom stereocenters. The van der Waals surface area contributed by atoms with Gasteiger partial charge in [0, 0.05) is 67.1 Å². The Kier molecular flexibility index (Phi) is 8.19. The summed E-state index contributed by atoms with van der Waals surface area (Å²) in [6.07, 6.45) is 7.82. The van der Waals surface area contributed by atoms with Crippen molar-refractivity contribution in [1.29, 1.82) is 0 Å². The third kappa shape index (κ3) is 6.33. The number of halogens is 1. The van der Waals surface area contributed by atoms with Crippen LogP contribution in [0.25, 0.3) is 5.57 Å². The molecule has 7 rings (SSSR count). The molecule has 4 aliphatic rings. The van der Waals surface area contributed by atoms with Gasteiger partial charge in [-0.1, -0.05) is 43.2 Å². The highest BCUT2D eigenvalue weighted by Crippen LogP contribution is 2.44. The quantitative estimate of drug-likeness (QED) is 0.298. The van der Waals surface area contributed by atoms with E-state index < -0.39 is 11.9 Å². The van der Waals surface area contributed by atoms with Gasteiger partial charge in [-0.2, -0.15) is 0 Å². The fourth-order valence-corrected chi connectivity index (χ4v) is 7.39. The molecule has 3 aliphatic heterocycles. The molecule has 0 radical (unpaired) electrons. The topological polar surface area (TPSA) is 91.8 Å². The predicted molar refractivity (Wildman–Crippen MR) is 176 cm³/mol. The Bertz CT molecular complexity index is 1730. The number of ether oxygens (including phenoxy) is 1. The summed E-state index contributed by atoms with van der Waals surface area (Å²) < 4.78 is 6.14. The molecular weight excluding hydrogens is 600 g/mol. The SMILES string of the molecule is CC1(C)CCC(CN2CC(c3cncc(COc4ccc5c(c4)CN(C4CCC(=O)NC4=O)C5=O)c3)C2)=C(c2ccc(Cl)cc2)C1. The Labute approximate surface area is 274 Å². The van der Waals surface area contributed by atoms with Crippen LogP contribution in [-0.2, 0) is 22.7 Å². The zero-order valence-corrected chi connectivity index (χ0v) is 27.1. The van der Waals surface area contributed by atoms with Gasteiger partial charge in [-0.25, -0.2) is 0 Å². The minimum absolute atomic E-state index is 0.188. The van der Waals surface area contributed by atoms with Crippen molar-refractivity contribution in [3.05, 3.63) is 99.3 Å². The first-order chi connectivity index (χ1) is 22.1. The fraction of sp³-hybridized carbons (Fsp3) is 0.405. The number of pyridine rings is 1. The molecule has 1 unspecified atom stereocenters. The number of hydrogen-bond acceptors (Lipinski definition) is 6. The van der Waals surface area contributed by atoms with E-state index in [2.05, 4.69) is 47.2 Å². The first-order valence-corrected chi connectivity index (χ1v) is 16.5. The number of nitrogens with one attached hydrogen (secondary N) is 1. The first-order valence-electron chi connectivity index (χ1n) is 16.2. The molecule has 0 bridgehead atoms. The number of imide groups is 1. The Hall–Kier alpha value is -4.01. The molecule has 3 aromatic rings. The largest absolute Gasteiger partial charge is 0.489 e. The number of carbonyl (C=O) groups is 3. The molecule has 2 saturated heterocycles. The lowest BCUT2D eigenvalue weighted by atomic mass is 9.72. The zero-order chi connectivity index (χ0) is 32.0. The van der Waals surface area contributed by atoms with Crippen LogP contribution in [0.2, 0.25) is 5.02 Å². The molecule has 238 valence electrons. The van der Waals surface area contributed by atoms with Crippen molar-refractivity contribution in [3.63, 3.8) is 0 Å². The van der Waals surface area contributed by atoms with Crippen LogP contribution < -0.4 is 10.1 Å². The first kappa shape index (κ1) is 30.6. The lowest BCUT2D eigenvalue weighted by Crippen LogP contribution is -2.52. The van der Waals surface area contributed by atoms with Gasteiger partial charge in [0.05, 0.1) is 0 Å². The van der Waals surface area contributed by atoms with Crippen molar-refractivity contribution in [3.8, 4) is 5.75 Å². The molecule has 0 saturated carbocycles. The molecule has 9 heteroatoms. The lowest BCUT2D eigenvalue weighted by Gasteiger charge is -2.42. The number of benzene rings is 2. The van der Waals surface area contributed by atoms with E-state index in [0.29, 0.717) is 42.2 Å². The monoisotopic (exact) mass is 638 g/mol. The number of hydrogen-bond donors (Lipinski definition) is 1. The highest BCUT2D eigenvalue weighted by molar-refractivity contribution is 6.30. The van der Waals surface area contributed by atoms with Gasteiger partial charge in [-0.15, -0.1) is 0 Å². The number of aromatic nitrogens is 1. The summed E-state index contributed by atoms with van der Waals surface area (Å²) in [5.74, 6) is 0.217. The number of piperidine rings is 1. The summed E-state index contributed by atoms with van der Waals surface area (Å²) in [4.78, 5) is 45.5. The van der Waals surface area contributed by atoms with Crippen molar-refractivity contribution in [2.75, 3.05) is 19.6 Å². The van der Waals surface area contributed by atoms with Gasteiger partial charge in [0.1, 0.15) is 18.4 Å². The van der Waals surface area contributed by atoms with E-state index in [4.69, 9.17) is 16.3 Å². The molecule has 46 heavy (non-hydrogen) atoms. The third-order valence-electron chi connectivity index (χ3n) is 9.94. The average molecular weight is 639 g/mol. The van der Waals surface area contributed by atoms with Crippen molar-refractivity contribution >= 4 is 34.9 Å². The van der Waals surface area contributed by atoms with Crippen LogP contribution in [-0.4, -0.2) is 58.2 Å². The average Bonchev–Trinajstić information content (AvgIpc) is 3.33. The Balaban J connectivity index is 0.958. The van der Waals surface area contributed by atoms with Crippen LogP contribution in [0.15, 0.2) is 66.5 Å². The van der Waals surface area contributed by atoms with Gasteiger partial charge < -0.3 is 9.64 Å². The van der Waals surface area contributed by atoms with Gasteiger partial charge >= 0.3 is 0 Å². The van der Waals surface area contributed by atoms with Crippen molar-refractivity contribution in [1.82, 2.24) is 20.1 Å². The molecule has 8 nitrogen and oxygen atoms in total. The number of rotatable bonds is 8. The second-order valence-electron chi connectivity index (χ2n) is 14.0. The van der Waals surface area contributed by atoms with Gasteiger partial charge in [0.15, 0.2) is 0 Å². The molecule has 1 aromatic heterocycles. The summed E-state index contributed by atoms with van der Waals surface area (Å²) in [6.45, 7) is 8.45. The highest BCUT2D eigenvalue weighted by Gasteiger charge is 2.39. The van der Waals surface area contributed by atoms with E-state index in [0.717, 1.165) is 48.6 Å². The Morgan fingerprint density at radius 3 is 2.61 bits per heavy atom. The van der Waals surface area contributed by atoms with E-state index in [1.165, 1.54) is 23.1 Å². The van der Waals surface area contributed by atoms with Gasteiger partial charge in [0.25, 0.3) is 5.91 Å². The number of amides is 3. The maximum atomic E-state index is 13.0. The van der Waals surface area contributed by atoms with E-state index in [1.807, 2.05) is 30.6 Å². The van der Waals surface area contributed by atoms with Gasteiger partial charge in [0.2, 0.25) is 11.8 Å². The van der Waals surface area contributed by atoms with Gasteiger partial charge in [-0.3, -0.25) is 29.6 Å². The predicted octanol–water partition coefficient (Wildman–Crippen LogP) is 6.14. The number of nitrogens with zero attached hydrogens (tertiary/aromatic N) is 3. The maximum absolute atomic E-state index is 13.0. The molecule has 4 heterocycles. The third-order valence-corrected chi connectivity index (χ3v) is 10.2. The Morgan fingerprint density at radius 1 is 1.02 bits per heavy atom. The molecule has 0 spiro atoms. The van der Waals surface area contributed by atoms with Crippen LogP contribution in [0, 0.1) is 5.41 Å². The van der Waals surface area contributed by atoms with Crippen LogP contribution in [0.5, 0.6) is 5.75 Å². The minimum Gasteiger partial charge on any atom is -0.489 e. The molecule has 3 amide bonds. The summed E-state index contributed by atoms with van der Waals surface area (Å²) in [5, 5.41) is 3.12. The Morgan fingerprint density at radius 2 is 1.83 bits per heavy atom. The van der Waals surface area contributed by atoms with Crippen molar-refractivity contribution in [2.24, 2.45) is 5.41 Å². The van der Waals surface area contributed by atoms with E-state index in [-0.39, 0.29) is 18.2 Å². The van der Waals surface area contributed by atoms with Crippen molar-refractivity contribution in [2.45, 2.75) is 71.1 Å². The molecule has 1 aliphatic carbocycles. The van der Waals surface area contributed by atoms with Crippen LogP contribution in [0.4, 0.5) is 0 Å². The van der Waals surface area contributed by atoms with E-state index >= 15 is 0 Å². The van der Waals surface area contributed by atoms with Gasteiger partial charge in [-0.05, 0) is 89.8 Å². The highest BCUT2D eigenvalue weighted by atomic mass is 35.5. The summed E-state index contributed by atoms with van der Waals surface area (Å²) in [5.41, 5.74) is 8.26. The van der Waals surface area contributed by atoms with Crippen LogP contribution in [0.1, 0.15) is 84.5 Å². The second kappa shape index (κ2) is 12.3. The summed E-state index contributed by atoms with van der Waals surface area (Å²) in [6, 6.07) is 15.3.